The summed E-state index contributed by atoms with van der Waals surface area (Å²) in [5.74, 6) is -0.590. The van der Waals surface area contributed by atoms with Gasteiger partial charge in [0.25, 0.3) is 0 Å². The van der Waals surface area contributed by atoms with Crippen LogP contribution in [0.2, 0.25) is 0 Å². The molecule has 0 aliphatic rings. The first-order valence-electron chi connectivity index (χ1n) is 8.95. The lowest BCUT2D eigenvalue weighted by Gasteiger charge is -2.11. The highest BCUT2D eigenvalue weighted by Crippen LogP contribution is 2.29. The topological polar surface area (TPSA) is 41.9 Å². The summed E-state index contributed by atoms with van der Waals surface area (Å²) in [6.45, 7) is 4.56. The lowest BCUT2D eigenvalue weighted by molar-refractivity contribution is -0.137. The fourth-order valence-corrected chi connectivity index (χ4v) is 2.43. The van der Waals surface area contributed by atoms with Crippen LogP contribution in [-0.2, 0) is 23.9 Å². The Bertz CT molecular complexity index is 848. The van der Waals surface area contributed by atoms with Gasteiger partial charge < -0.3 is 9.64 Å². The highest BCUT2D eigenvalue weighted by atomic mass is 19.4. The van der Waals surface area contributed by atoms with Crippen LogP contribution < -0.4 is 0 Å². The van der Waals surface area contributed by atoms with Gasteiger partial charge in [0.1, 0.15) is 6.61 Å². The smallest absolute Gasteiger partial charge is 0.416 e. The van der Waals surface area contributed by atoms with Gasteiger partial charge in [0.15, 0.2) is 0 Å². The number of ether oxygens (including phenoxy) is 1. The Morgan fingerprint density at radius 2 is 1.93 bits per heavy atom. The van der Waals surface area contributed by atoms with E-state index < -0.39 is 17.7 Å². The highest BCUT2D eigenvalue weighted by molar-refractivity contribution is 5.90. The molecule has 0 fully saturated rings. The van der Waals surface area contributed by atoms with Gasteiger partial charge in [-0.05, 0) is 54.8 Å². The number of esters is 1. The lowest BCUT2D eigenvalue weighted by Crippen LogP contribution is -2.14. The maximum Gasteiger partial charge on any atom is 0.416 e. The third-order valence-corrected chi connectivity index (χ3v) is 4.21. The molecule has 0 unspecified atom stereocenters. The van der Waals surface area contributed by atoms with Crippen molar-refractivity contribution in [3.05, 3.63) is 64.7 Å². The Hall–Kier alpha value is -2.83. The van der Waals surface area contributed by atoms with Gasteiger partial charge in [0, 0.05) is 13.6 Å². The molecule has 0 aliphatic heterocycles. The van der Waals surface area contributed by atoms with Crippen molar-refractivity contribution in [2.24, 2.45) is 4.99 Å². The number of hydrogen-bond acceptors (Lipinski definition) is 3. The molecule has 0 N–H and O–H groups in total. The SMILES string of the molecule is CCc1cc(C(=O)OCc2cccc(C(F)(F)F)c2)ccc1/N=C/N(C)CC. The van der Waals surface area contributed by atoms with E-state index in [1.165, 1.54) is 12.1 Å². The zero-order valence-electron chi connectivity index (χ0n) is 16.1. The third-order valence-electron chi connectivity index (χ3n) is 4.21. The largest absolute Gasteiger partial charge is 0.457 e. The molecule has 150 valence electrons. The standard InChI is InChI=1S/C21H23F3N2O2/c1-4-16-12-17(9-10-19(16)25-14-26(3)5-2)20(27)28-13-15-7-6-8-18(11-15)21(22,23)24/h6-12,14H,4-5,13H2,1-3H3/b25-14+. The summed E-state index contributed by atoms with van der Waals surface area (Å²) >= 11 is 0. The minimum Gasteiger partial charge on any atom is -0.457 e. The fraction of sp³-hybridized carbons (Fsp3) is 0.333. The molecular weight excluding hydrogens is 369 g/mol. The molecule has 7 heteroatoms. The Labute approximate surface area is 162 Å². The number of alkyl halides is 3. The van der Waals surface area contributed by atoms with Crippen molar-refractivity contribution in [2.75, 3.05) is 13.6 Å². The third kappa shape index (κ3) is 5.84. The average molecular weight is 392 g/mol. The van der Waals surface area contributed by atoms with Crippen molar-refractivity contribution in [2.45, 2.75) is 33.1 Å². The summed E-state index contributed by atoms with van der Waals surface area (Å²) in [6.07, 6.45) is -2.03. The number of carbonyl (C=O) groups is 1. The van der Waals surface area contributed by atoms with E-state index >= 15 is 0 Å². The molecule has 0 radical (unpaired) electrons. The van der Waals surface area contributed by atoms with Crippen molar-refractivity contribution < 1.29 is 22.7 Å². The fourth-order valence-electron chi connectivity index (χ4n) is 2.43. The van der Waals surface area contributed by atoms with E-state index in [4.69, 9.17) is 4.74 Å². The Kier molecular flexibility index (Phi) is 7.20. The van der Waals surface area contributed by atoms with Gasteiger partial charge in [-0.25, -0.2) is 9.79 Å². The summed E-state index contributed by atoms with van der Waals surface area (Å²) in [5, 5.41) is 0. The molecule has 0 saturated carbocycles. The molecule has 2 aromatic rings. The van der Waals surface area contributed by atoms with Crippen LogP contribution in [0.25, 0.3) is 0 Å². The monoisotopic (exact) mass is 392 g/mol. The molecule has 0 aromatic heterocycles. The van der Waals surface area contributed by atoms with E-state index in [0.29, 0.717) is 12.0 Å². The molecule has 0 saturated heterocycles. The number of benzene rings is 2. The van der Waals surface area contributed by atoms with E-state index in [1.54, 1.807) is 24.5 Å². The molecule has 2 aromatic carbocycles. The Balaban J connectivity index is 2.09. The number of aliphatic imine (C=N–C) groups is 1. The molecule has 0 spiro atoms. The number of rotatable bonds is 7. The van der Waals surface area contributed by atoms with Crippen molar-refractivity contribution >= 4 is 18.0 Å². The summed E-state index contributed by atoms with van der Waals surface area (Å²) in [7, 11) is 1.91. The van der Waals surface area contributed by atoms with E-state index in [9.17, 15) is 18.0 Å². The van der Waals surface area contributed by atoms with Crippen molar-refractivity contribution in [3.63, 3.8) is 0 Å². The number of aryl methyl sites for hydroxylation is 1. The molecular formula is C21H23F3N2O2. The predicted molar refractivity (Wildman–Crippen MR) is 103 cm³/mol. The van der Waals surface area contributed by atoms with Crippen LogP contribution in [0.4, 0.5) is 18.9 Å². The van der Waals surface area contributed by atoms with E-state index in [1.807, 2.05) is 25.8 Å². The van der Waals surface area contributed by atoms with Gasteiger partial charge in [-0.15, -0.1) is 0 Å². The molecule has 0 atom stereocenters. The second kappa shape index (κ2) is 9.39. The van der Waals surface area contributed by atoms with E-state index in [-0.39, 0.29) is 12.2 Å². The number of hydrogen-bond donors (Lipinski definition) is 0. The quantitative estimate of drug-likeness (QED) is 0.368. The Morgan fingerprint density at radius 3 is 2.57 bits per heavy atom. The minimum absolute atomic E-state index is 0.231. The summed E-state index contributed by atoms with van der Waals surface area (Å²) in [6, 6.07) is 9.78. The zero-order chi connectivity index (χ0) is 20.7. The van der Waals surface area contributed by atoms with E-state index in [0.717, 1.165) is 29.9 Å². The van der Waals surface area contributed by atoms with Gasteiger partial charge in [0.05, 0.1) is 23.2 Å². The van der Waals surface area contributed by atoms with E-state index in [2.05, 4.69) is 4.99 Å². The molecule has 2 rings (SSSR count). The Morgan fingerprint density at radius 1 is 1.18 bits per heavy atom. The van der Waals surface area contributed by atoms with Crippen LogP contribution >= 0.6 is 0 Å². The number of halogens is 3. The van der Waals surface area contributed by atoms with Crippen molar-refractivity contribution in [3.8, 4) is 0 Å². The normalized spacial score (nSPS) is 11.6. The highest BCUT2D eigenvalue weighted by Gasteiger charge is 2.30. The van der Waals surface area contributed by atoms with Crippen LogP contribution in [0.15, 0.2) is 47.5 Å². The first-order valence-corrected chi connectivity index (χ1v) is 8.95. The van der Waals surface area contributed by atoms with Crippen molar-refractivity contribution in [1.29, 1.82) is 0 Å². The van der Waals surface area contributed by atoms with Gasteiger partial charge >= 0.3 is 12.1 Å². The van der Waals surface area contributed by atoms with Gasteiger partial charge in [-0.3, -0.25) is 0 Å². The predicted octanol–water partition coefficient (Wildman–Crippen LogP) is 5.24. The van der Waals surface area contributed by atoms with Crippen LogP contribution in [0.3, 0.4) is 0 Å². The van der Waals surface area contributed by atoms with Crippen LogP contribution in [0.5, 0.6) is 0 Å². The van der Waals surface area contributed by atoms with Gasteiger partial charge in [-0.2, -0.15) is 13.2 Å². The average Bonchev–Trinajstić information content (AvgIpc) is 2.69. The first-order chi connectivity index (χ1) is 13.2. The first kappa shape index (κ1) is 21.5. The van der Waals surface area contributed by atoms with Gasteiger partial charge in [0.2, 0.25) is 0 Å². The van der Waals surface area contributed by atoms with Crippen molar-refractivity contribution in [1.82, 2.24) is 4.90 Å². The molecule has 0 bridgehead atoms. The molecule has 28 heavy (non-hydrogen) atoms. The molecule has 0 aliphatic carbocycles. The maximum absolute atomic E-state index is 12.8. The second-order valence-electron chi connectivity index (χ2n) is 6.29. The van der Waals surface area contributed by atoms with Crippen LogP contribution in [-0.4, -0.2) is 30.8 Å². The maximum atomic E-state index is 12.8. The summed E-state index contributed by atoms with van der Waals surface area (Å²) in [5.41, 5.74) is 1.49. The van der Waals surface area contributed by atoms with Crippen LogP contribution in [0.1, 0.15) is 40.9 Å². The summed E-state index contributed by atoms with van der Waals surface area (Å²) < 4.78 is 43.5. The van der Waals surface area contributed by atoms with Crippen LogP contribution in [0, 0.1) is 0 Å². The molecule has 0 heterocycles. The lowest BCUT2D eigenvalue weighted by atomic mass is 10.1. The molecule has 0 amide bonds. The molecule has 4 nitrogen and oxygen atoms in total. The second-order valence-corrected chi connectivity index (χ2v) is 6.29. The number of carbonyl (C=O) groups excluding carboxylic acids is 1. The zero-order valence-corrected chi connectivity index (χ0v) is 16.1. The van der Waals surface area contributed by atoms with Gasteiger partial charge in [-0.1, -0.05) is 19.1 Å². The summed E-state index contributed by atoms with van der Waals surface area (Å²) in [4.78, 5) is 18.6. The minimum atomic E-state index is -4.43. The number of nitrogens with zero attached hydrogens (tertiary/aromatic N) is 2.